The van der Waals surface area contributed by atoms with Crippen LogP contribution in [0.5, 0.6) is 0 Å². The molecule has 0 fully saturated rings. The summed E-state index contributed by atoms with van der Waals surface area (Å²) in [6.45, 7) is 0. The largest absolute Gasteiger partial charge is 0.324 e. The van der Waals surface area contributed by atoms with E-state index in [1.54, 1.807) is 24.9 Å². The molecule has 0 saturated heterocycles. The second-order valence-corrected chi connectivity index (χ2v) is 4.78. The quantitative estimate of drug-likeness (QED) is 0.791. The van der Waals surface area contributed by atoms with Gasteiger partial charge >= 0.3 is 0 Å². The van der Waals surface area contributed by atoms with E-state index in [9.17, 15) is 4.79 Å². The molecule has 15 heavy (non-hydrogen) atoms. The smallest absolute Gasteiger partial charge is 0.242 e. The number of benzene rings is 1. The van der Waals surface area contributed by atoms with Crippen LogP contribution >= 0.6 is 23.4 Å². The summed E-state index contributed by atoms with van der Waals surface area (Å²) in [6, 6.07) is 5.34. The average molecular weight is 243 g/mol. The fourth-order valence-corrected chi connectivity index (χ4v) is 2.79. The molecule has 2 N–H and O–H groups in total. The highest BCUT2D eigenvalue weighted by molar-refractivity contribution is 7.99. The summed E-state index contributed by atoms with van der Waals surface area (Å²) in [6.07, 6.45) is 0. The Morgan fingerprint density at radius 3 is 3.13 bits per heavy atom. The van der Waals surface area contributed by atoms with Crippen molar-refractivity contribution in [1.82, 2.24) is 5.32 Å². The summed E-state index contributed by atoms with van der Waals surface area (Å²) in [4.78, 5) is 12.7. The Kier molecular flexibility index (Phi) is 3.19. The van der Waals surface area contributed by atoms with Gasteiger partial charge in [-0.2, -0.15) is 0 Å². The second kappa shape index (κ2) is 4.43. The summed E-state index contributed by atoms with van der Waals surface area (Å²) >= 11 is 7.52. The molecule has 1 aromatic carbocycles. The number of carbonyl (C=O) groups excluding carboxylic acids is 1. The Balaban J connectivity index is 2.31. The highest BCUT2D eigenvalue weighted by Crippen LogP contribution is 2.32. The van der Waals surface area contributed by atoms with Crippen LogP contribution in [-0.2, 0) is 4.79 Å². The molecule has 1 aliphatic rings. The Labute approximate surface area is 97.6 Å². The van der Waals surface area contributed by atoms with Gasteiger partial charge in [-0.25, -0.2) is 0 Å². The van der Waals surface area contributed by atoms with Crippen molar-refractivity contribution in [3.63, 3.8) is 0 Å². The third kappa shape index (κ3) is 2.27. The van der Waals surface area contributed by atoms with Crippen molar-refractivity contribution in [3.8, 4) is 0 Å². The van der Waals surface area contributed by atoms with E-state index in [4.69, 9.17) is 11.6 Å². The third-order valence-corrected chi connectivity index (χ3v) is 3.66. The molecule has 0 bridgehead atoms. The first-order valence-electron chi connectivity index (χ1n) is 4.61. The number of halogens is 1. The number of anilines is 1. The van der Waals surface area contributed by atoms with Crippen LogP contribution < -0.4 is 10.6 Å². The standard InChI is InChI=1S/C10H11ClN2OS/c1-12-8-5-15-9-4-6(11)2-3-7(9)13-10(8)14/h2-4,8,12H,5H2,1H3,(H,13,14)/t8-/m0/s1. The first kappa shape index (κ1) is 10.8. The molecule has 1 aliphatic heterocycles. The molecule has 0 aromatic heterocycles. The number of amides is 1. The Hall–Kier alpha value is -0.710. The van der Waals surface area contributed by atoms with Gasteiger partial charge in [-0.05, 0) is 25.2 Å². The molecule has 1 atom stereocenters. The molecule has 1 amide bonds. The van der Waals surface area contributed by atoms with Gasteiger partial charge in [0.15, 0.2) is 0 Å². The summed E-state index contributed by atoms with van der Waals surface area (Å²) in [5.41, 5.74) is 0.840. The molecule has 0 saturated carbocycles. The maximum absolute atomic E-state index is 11.7. The van der Waals surface area contributed by atoms with E-state index in [1.807, 2.05) is 12.1 Å². The zero-order valence-electron chi connectivity index (χ0n) is 8.21. The first-order chi connectivity index (χ1) is 7.20. The van der Waals surface area contributed by atoms with Gasteiger partial charge in [0, 0.05) is 15.7 Å². The fraction of sp³-hybridized carbons (Fsp3) is 0.300. The van der Waals surface area contributed by atoms with Crippen LogP contribution in [0.4, 0.5) is 5.69 Å². The van der Waals surface area contributed by atoms with Crippen LogP contribution in [0.15, 0.2) is 23.1 Å². The molecule has 0 spiro atoms. The number of rotatable bonds is 1. The monoisotopic (exact) mass is 242 g/mol. The van der Waals surface area contributed by atoms with Crippen LogP contribution in [-0.4, -0.2) is 24.7 Å². The number of nitrogens with one attached hydrogen (secondary N) is 2. The number of hydrogen-bond acceptors (Lipinski definition) is 3. The normalized spacial score (nSPS) is 20.4. The lowest BCUT2D eigenvalue weighted by molar-refractivity contribution is -0.117. The summed E-state index contributed by atoms with van der Waals surface area (Å²) in [5.74, 6) is 0.724. The van der Waals surface area contributed by atoms with E-state index in [2.05, 4.69) is 10.6 Å². The van der Waals surface area contributed by atoms with Gasteiger partial charge in [-0.15, -0.1) is 11.8 Å². The summed E-state index contributed by atoms with van der Waals surface area (Å²) in [7, 11) is 1.79. The maximum Gasteiger partial charge on any atom is 0.242 e. The van der Waals surface area contributed by atoms with Gasteiger partial charge in [0.05, 0.1) is 11.7 Å². The SMILES string of the molecule is CN[C@H]1CSc2cc(Cl)ccc2NC1=O. The zero-order valence-corrected chi connectivity index (χ0v) is 9.78. The van der Waals surface area contributed by atoms with E-state index in [0.717, 1.165) is 16.3 Å². The minimum atomic E-state index is -0.152. The second-order valence-electron chi connectivity index (χ2n) is 3.28. The number of fused-ring (bicyclic) bond motifs is 1. The van der Waals surface area contributed by atoms with E-state index >= 15 is 0 Å². The van der Waals surface area contributed by atoms with Gasteiger partial charge in [-0.1, -0.05) is 11.6 Å². The average Bonchev–Trinajstić information content (AvgIpc) is 2.36. The van der Waals surface area contributed by atoms with Crippen molar-refractivity contribution in [3.05, 3.63) is 23.2 Å². The van der Waals surface area contributed by atoms with Crippen LogP contribution in [0.3, 0.4) is 0 Å². The molecule has 1 heterocycles. The van der Waals surface area contributed by atoms with Crippen LogP contribution in [0.1, 0.15) is 0 Å². The van der Waals surface area contributed by atoms with Gasteiger partial charge in [0.1, 0.15) is 0 Å². The minimum absolute atomic E-state index is 0.00562. The Morgan fingerprint density at radius 1 is 1.60 bits per heavy atom. The van der Waals surface area contributed by atoms with Crippen molar-refractivity contribution in [1.29, 1.82) is 0 Å². The van der Waals surface area contributed by atoms with Gasteiger partial charge in [-0.3, -0.25) is 4.79 Å². The van der Waals surface area contributed by atoms with Gasteiger partial charge in [0.25, 0.3) is 0 Å². The van der Waals surface area contributed by atoms with Crippen molar-refractivity contribution in [2.24, 2.45) is 0 Å². The van der Waals surface area contributed by atoms with E-state index in [0.29, 0.717) is 5.02 Å². The molecule has 0 aliphatic carbocycles. The first-order valence-corrected chi connectivity index (χ1v) is 5.97. The molecule has 0 unspecified atom stereocenters. The van der Waals surface area contributed by atoms with Crippen molar-refractivity contribution < 1.29 is 4.79 Å². The van der Waals surface area contributed by atoms with Gasteiger partial charge in [0.2, 0.25) is 5.91 Å². The van der Waals surface area contributed by atoms with Crippen LogP contribution in [0.25, 0.3) is 0 Å². The summed E-state index contributed by atoms with van der Waals surface area (Å²) < 4.78 is 0. The predicted octanol–water partition coefficient (Wildman–Crippen LogP) is 1.97. The Morgan fingerprint density at radius 2 is 2.40 bits per heavy atom. The molecule has 0 radical (unpaired) electrons. The maximum atomic E-state index is 11.7. The van der Waals surface area contributed by atoms with Crippen molar-refractivity contribution in [2.75, 3.05) is 18.1 Å². The lowest BCUT2D eigenvalue weighted by Gasteiger charge is -2.10. The molecule has 2 rings (SSSR count). The lowest BCUT2D eigenvalue weighted by Crippen LogP contribution is -2.39. The van der Waals surface area contributed by atoms with Crippen LogP contribution in [0, 0.1) is 0 Å². The number of thioether (sulfide) groups is 1. The summed E-state index contributed by atoms with van der Waals surface area (Å²) in [5, 5.41) is 6.54. The molecule has 3 nitrogen and oxygen atoms in total. The van der Waals surface area contributed by atoms with Crippen LogP contribution in [0.2, 0.25) is 5.02 Å². The highest BCUT2D eigenvalue weighted by atomic mass is 35.5. The van der Waals surface area contributed by atoms with E-state index in [-0.39, 0.29) is 11.9 Å². The number of likely N-dealkylation sites (N-methyl/N-ethyl adjacent to an activating group) is 1. The molecular formula is C10H11ClN2OS. The molecule has 5 heteroatoms. The fourth-order valence-electron chi connectivity index (χ4n) is 1.40. The van der Waals surface area contributed by atoms with Crippen molar-refractivity contribution >= 4 is 35.0 Å². The van der Waals surface area contributed by atoms with Crippen molar-refractivity contribution in [2.45, 2.75) is 10.9 Å². The lowest BCUT2D eigenvalue weighted by atomic mass is 10.3. The number of carbonyl (C=O) groups is 1. The Bertz CT molecular complexity index is 397. The highest BCUT2D eigenvalue weighted by Gasteiger charge is 2.22. The van der Waals surface area contributed by atoms with E-state index in [1.165, 1.54) is 0 Å². The molecular weight excluding hydrogens is 232 g/mol. The molecule has 1 aromatic rings. The minimum Gasteiger partial charge on any atom is -0.324 e. The predicted molar refractivity (Wildman–Crippen MR) is 63.7 cm³/mol. The zero-order chi connectivity index (χ0) is 10.8. The third-order valence-electron chi connectivity index (χ3n) is 2.27. The van der Waals surface area contributed by atoms with Gasteiger partial charge < -0.3 is 10.6 Å². The molecule has 80 valence electrons. The topological polar surface area (TPSA) is 41.1 Å². The number of hydrogen-bond donors (Lipinski definition) is 2. The van der Waals surface area contributed by atoms with E-state index < -0.39 is 0 Å².